The van der Waals surface area contributed by atoms with Crippen LogP contribution in [0.5, 0.6) is 5.75 Å². The Kier molecular flexibility index (Phi) is 3.88. The maximum absolute atomic E-state index is 14.6. The van der Waals surface area contributed by atoms with Crippen molar-refractivity contribution in [3.05, 3.63) is 29.8 Å². The largest absolute Gasteiger partial charge is 0.496 e. The third-order valence-corrected chi connectivity index (χ3v) is 3.90. The summed E-state index contributed by atoms with van der Waals surface area (Å²) >= 11 is 0. The van der Waals surface area contributed by atoms with Crippen LogP contribution in [-0.4, -0.2) is 26.3 Å². The van der Waals surface area contributed by atoms with Gasteiger partial charge in [-0.3, -0.25) is 4.99 Å². The number of hydrogen-bond donors (Lipinski definition) is 0. The molecule has 1 saturated carbocycles. The minimum atomic E-state index is -2.79. The first kappa shape index (κ1) is 14.0. The van der Waals surface area contributed by atoms with Crippen LogP contribution >= 0.6 is 0 Å². The van der Waals surface area contributed by atoms with Crippen molar-refractivity contribution in [1.29, 1.82) is 0 Å². The topological polar surface area (TPSA) is 21.6 Å². The normalized spacial score (nSPS) is 26.5. The van der Waals surface area contributed by atoms with Gasteiger partial charge in [-0.25, -0.2) is 8.78 Å². The molecule has 1 aromatic rings. The SMILES string of the molecule is C/N=C\[C@]1(c2ccccc2OC)CCCCC1(F)F. The molecule has 0 N–H and O–H groups in total. The van der Waals surface area contributed by atoms with Crippen molar-refractivity contribution < 1.29 is 13.5 Å². The van der Waals surface area contributed by atoms with Crippen molar-refractivity contribution in [2.45, 2.75) is 37.0 Å². The Labute approximate surface area is 112 Å². The lowest BCUT2D eigenvalue weighted by Crippen LogP contribution is -2.49. The molecule has 0 heterocycles. The fourth-order valence-electron chi connectivity index (χ4n) is 2.95. The van der Waals surface area contributed by atoms with Crippen LogP contribution in [0, 0.1) is 0 Å². The summed E-state index contributed by atoms with van der Waals surface area (Å²) in [4.78, 5) is 3.92. The number of hydrogen-bond acceptors (Lipinski definition) is 2. The van der Waals surface area contributed by atoms with Crippen molar-refractivity contribution in [2.75, 3.05) is 14.2 Å². The molecule has 0 saturated heterocycles. The number of nitrogens with zero attached hydrogens (tertiary/aromatic N) is 1. The Morgan fingerprint density at radius 2 is 1.89 bits per heavy atom. The van der Waals surface area contributed by atoms with Crippen LogP contribution in [-0.2, 0) is 5.41 Å². The van der Waals surface area contributed by atoms with E-state index >= 15 is 0 Å². The van der Waals surface area contributed by atoms with E-state index in [1.165, 1.54) is 13.3 Å². The minimum absolute atomic E-state index is 0.100. The van der Waals surface area contributed by atoms with Gasteiger partial charge in [0.1, 0.15) is 5.75 Å². The lowest BCUT2D eigenvalue weighted by atomic mass is 9.67. The molecule has 4 heteroatoms. The molecule has 1 fully saturated rings. The molecule has 19 heavy (non-hydrogen) atoms. The van der Waals surface area contributed by atoms with E-state index in [1.807, 2.05) is 0 Å². The lowest BCUT2D eigenvalue weighted by molar-refractivity contribution is -0.0778. The number of halogens is 2. The molecular weight excluding hydrogens is 248 g/mol. The fourth-order valence-corrected chi connectivity index (χ4v) is 2.95. The van der Waals surface area contributed by atoms with Crippen LogP contribution in [0.4, 0.5) is 8.78 Å². The van der Waals surface area contributed by atoms with Gasteiger partial charge in [0.2, 0.25) is 0 Å². The zero-order chi connectivity index (χ0) is 13.9. The van der Waals surface area contributed by atoms with Gasteiger partial charge in [0.15, 0.2) is 0 Å². The molecular formula is C15H19F2NO. The highest BCUT2D eigenvalue weighted by Gasteiger charge is 2.55. The third kappa shape index (κ3) is 2.24. The Morgan fingerprint density at radius 1 is 1.21 bits per heavy atom. The maximum Gasteiger partial charge on any atom is 0.262 e. The molecule has 1 aliphatic carbocycles. The second-order valence-corrected chi connectivity index (χ2v) is 4.97. The predicted octanol–water partition coefficient (Wildman–Crippen LogP) is 3.84. The van der Waals surface area contributed by atoms with Gasteiger partial charge >= 0.3 is 0 Å². The number of ether oxygens (including phenoxy) is 1. The van der Waals surface area contributed by atoms with E-state index in [9.17, 15) is 8.78 Å². The molecule has 0 amide bonds. The average Bonchev–Trinajstić information content (AvgIpc) is 2.41. The number of alkyl halides is 2. The van der Waals surface area contributed by atoms with Gasteiger partial charge in [0, 0.05) is 25.2 Å². The summed E-state index contributed by atoms with van der Waals surface area (Å²) < 4.78 is 34.4. The van der Waals surface area contributed by atoms with E-state index in [4.69, 9.17) is 4.74 Å². The molecule has 0 radical (unpaired) electrons. The van der Waals surface area contributed by atoms with Crippen molar-refractivity contribution in [1.82, 2.24) is 0 Å². The van der Waals surface area contributed by atoms with E-state index in [-0.39, 0.29) is 6.42 Å². The van der Waals surface area contributed by atoms with Gasteiger partial charge in [-0.15, -0.1) is 0 Å². The van der Waals surface area contributed by atoms with Crippen molar-refractivity contribution in [2.24, 2.45) is 4.99 Å². The first-order chi connectivity index (χ1) is 9.07. The van der Waals surface area contributed by atoms with E-state index in [2.05, 4.69) is 4.99 Å². The summed E-state index contributed by atoms with van der Waals surface area (Å²) in [7, 11) is 3.05. The van der Waals surface area contributed by atoms with Crippen LogP contribution in [0.15, 0.2) is 29.3 Å². The third-order valence-electron chi connectivity index (χ3n) is 3.90. The van der Waals surface area contributed by atoms with Gasteiger partial charge in [0.05, 0.1) is 12.5 Å². The maximum atomic E-state index is 14.6. The van der Waals surface area contributed by atoms with Gasteiger partial charge < -0.3 is 4.74 Å². The Hall–Kier alpha value is -1.45. The summed E-state index contributed by atoms with van der Waals surface area (Å²) in [5.41, 5.74) is -0.806. The quantitative estimate of drug-likeness (QED) is 0.762. The van der Waals surface area contributed by atoms with E-state index in [1.54, 1.807) is 31.3 Å². The Morgan fingerprint density at radius 3 is 2.53 bits per heavy atom. The van der Waals surface area contributed by atoms with Crippen molar-refractivity contribution >= 4 is 6.21 Å². The summed E-state index contributed by atoms with van der Waals surface area (Å²) in [5.74, 6) is -2.29. The first-order valence-corrected chi connectivity index (χ1v) is 6.52. The summed E-state index contributed by atoms with van der Waals surface area (Å²) in [6.45, 7) is 0. The molecule has 0 bridgehead atoms. The van der Waals surface area contributed by atoms with Crippen LogP contribution in [0.3, 0.4) is 0 Å². The Bertz CT molecular complexity index is 473. The van der Waals surface area contributed by atoms with Crippen LogP contribution in [0.1, 0.15) is 31.2 Å². The van der Waals surface area contributed by atoms with Crippen molar-refractivity contribution in [3.63, 3.8) is 0 Å². The second-order valence-electron chi connectivity index (χ2n) is 4.97. The number of aliphatic imine (C=N–C) groups is 1. The Balaban J connectivity index is 2.61. The molecule has 2 rings (SSSR count). The number of methoxy groups -OCH3 is 1. The highest BCUT2D eigenvalue weighted by atomic mass is 19.3. The molecule has 1 aliphatic rings. The smallest absolute Gasteiger partial charge is 0.262 e. The van der Waals surface area contributed by atoms with Crippen molar-refractivity contribution in [3.8, 4) is 5.75 Å². The summed E-state index contributed by atoms with van der Waals surface area (Å²) in [6.07, 6.45) is 3.04. The van der Waals surface area contributed by atoms with Gasteiger partial charge in [-0.2, -0.15) is 0 Å². The zero-order valence-electron chi connectivity index (χ0n) is 11.3. The predicted molar refractivity (Wildman–Crippen MR) is 72.5 cm³/mol. The second kappa shape index (κ2) is 5.27. The van der Waals surface area contributed by atoms with Crippen LogP contribution in [0.25, 0.3) is 0 Å². The van der Waals surface area contributed by atoms with Crippen LogP contribution in [0.2, 0.25) is 0 Å². The first-order valence-electron chi connectivity index (χ1n) is 6.52. The molecule has 1 aromatic carbocycles. The standard InChI is InChI=1S/C15H19F2NO/c1-18-11-14(9-5-6-10-15(14,16)17)12-7-3-4-8-13(12)19-2/h3-4,7-8,11H,5-6,9-10H2,1-2H3/b18-11-/t14-/m0/s1. The highest BCUT2D eigenvalue weighted by molar-refractivity contribution is 5.77. The fraction of sp³-hybridized carbons (Fsp3) is 0.533. The molecule has 1 atom stereocenters. The molecule has 2 nitrogen and oxygen atoms in total. The zero-order valence-corrected chi connectivity index (χ0v) is 11.3. The average molecular weight is 267 g/mol. The molecule has 0 aromatic heterocycles. The van der Waals surface area contributed by atoms with E-state index < -0.39 is 11.3 Å². The molecule has 0 unspecified atom stereocenters. The number of benzene rings is 1. The van der Waals surface area contributed by atoms with E-state index in [0.717, 1.165) is 6.42 Å². The monoisotopic (exact) mass is 267 g/mol. The molecule has 0 aliphatic heterocycles. The number of rotatable bonds is 3. The van der Waals surface area contributed by atoms with Gasteiger partial charge in [-0.1, -0.05) is 24.6 Å². The highest BCUT2D eigenvalue weighted by Crippen LogP contribution is 2.51. The molecule has 0 spiro atoms. The molecule has 104 valence electrons. The minimum Gasteiger partial charge on any atom is -0.496 e. The van der Waals surface area contributed by atoms with Gasteiger partial charge in [-0.05, 0) is 18.9 Å². The lowest BCUT2D eigenvalue weighted by Gasteiger charge is -2.42. The van der Waals surface area contributed by atoms with Gasteiger partial charge in [0.25, 0.3) is 5.92 Å². The summed E-state index contributed by atoms with van der Waals surface area (Å²) in [5, 5.41) is 0. The summed E-state index contributed by atoms with van der Waals surface area (Å²) in [6, 6.07) is 7.01. The number of para-hydroxylation sites is 1. The van der Waals surface area contributed by atoms with E-state index in [0.29, 0.717) is 24.2 Å². The van der Waals surface area contributed by atoms with Crippen LogP contribution < -0.4 is 4.74 Å².